The van der Waals surface area contributed by atoms with Crippen molar-refractivity contribution in [2.75, 3.05) is 13.1 Å². The van der Waals surface area contributed by atoms with Crippen LogP contribution in [0.5, 0.6) is 11.5 Å². The van der Waals surface area contributed by atoms with Crippen LogP contribution in [0.25, 0.3) is 0 Å². The van der Waals surface area contributed by atoms with Crippen LogP contribution in [-0.2, 0) is 44.0 Å². The number of hydrogen-bond acceptors (Lipinski definition) is 21. The fourth-order valence-corrected chi connectivity index (χ4v) is 7.76. The molecule has 0 bridgehead atoms. The fraction of sp³-hybridized carbons (Fsp3) is 0.629. The number of nitrogens with two attached hydrogens (primary N) is 2. The zero-order valence-electron chi connectivity index (χ0n) is 34.9. The summed E-state index contributed by atoms with van der Waals surface area (Å²) in [4.78, 5) is 96.6. The van der Waals surface area contributed by atoms with Gasteiger partial charge in [-0.3, -0.25) is 33.6 Å². The third-order valence-electron chi connectivity index (χ3n) is 10.8. The van der Waals surface area contributed by atoms with Gasteiger partial charge in [0.1, 0.15) is 48.5 Å². The minimum atomic E-state index is -5.55. The summed E-state index contributed by atoms with van der Waals surface area (Å²) in [7, 11) is -5.55. The Morgan fingerprint density at radius 2 is 1.45 bits per heavy atom. The summed E-state index contributed by atoms with van der Waals surface area (Å²) in [6, 6.07) is -10.3. The van der Waals surface area contributed by atoms with Crippen LogP contribution < -0.4 is 66.5 Å². The number of carbonyl (C=O) groups is 7. The number of fused-ring (bicyclic) bond motifs is 2. The normalized spacial score (nSPS) is 31.9. The van der Waals surface area contributed by atoms with Crippen molar-refractivity contribution in [2.24, 2.45) is 17.4 Å². The maximum Gasteiger partial charge on any atom is 1.00 e. The molecule has 15 atom stereocenters. The number of aliphatic hydroxyl groups excluding tert-OH is 8. The van der Waals surface area contributed by atoms with Gasteiger partial charge in [-0.05, 0) is 24.6 Å². The largest absolute Gasteiger partial charge is 1.00 e. The third kappa shape index (κ3) is 13.4. The van der Waals surface area contributed by atoms with Crippen molar-refractivity contribution in [3.63, 3.8) is 0 Å². The van der Waals surface area contributed by atoms with Gasteiger partial charge < -0.3 is 97.2 Å². The molecule has 3 aliphatic rings. The summed E-state index contributed by atoms with van der Waals surface area (Å²) in [5.74, 6) is -12.5. The monoisotopic (exact) mass is 958 g/mol. The number of primary amides is 1. The van der Waals surface area contributed by atoms with Crippen molar-refractivity contribution in [1.82, 2.24) is 31.1 Å². The van der Waals surface area contributed by atoms with E-state index in [-0.39, 0.29) is 29.6 Å². The Morgan fingerprint density at radius 1 is 0.862 bits per heavy atom. The van der Waals surface area contributed by atoms with E-state index in [4.69, 9.17) is 11.5 Å². The topological polar surface area (TPSA) is 475 Å². The second-order valence-corrected chi connectivity index (χ2v) is 16.7. The predicted octanol–water partition coefficient (Wildman–Crippen LogP) is -12.6. The molecular formula is C35H51N8NaO20S. The van der Waals surface area contributed by atoms with Crippen LogP contribution in [0, 0.1) is 5.92 Å². The van der Waals surface area contributed by atoms with Crippen molar-refractivity contribution < 1.29 is 126 Å². The van der Waals surface area contributed by atoms with Gasteiger partial charge in [0, 0.05) is 31.8 Å². The molecule has 3 aliphatic heterocycles. The number of rotatable bonds is 9. The minimum absolute atomic E-state index is 0. The Kier molecular flexibility index (Phi) is 19.0. The molecule has 65 heavy (non-hydrogen) atoms. The second-order valence-electron chi connectivity index (χ2n) is 15.8. The molecule has 1 aromatic carbocycles. The zero-order chi connectivity index (χ0) is 48.3. The van der Waals surface area contributed by atoms with E-state index in [1.807, 2.05) is 10.6 Å². The Labute approximate surface area is 391 Å². The molecule has 17 N–H and O–H groups in total. The fourth-order valence-electron chi connectivity index (χ4n) is 7.40. The summed E-state index contributed by atoms with van der Waals surface area (Å²) in [5.41, 5.74) is 10.6. The molecule has 15 unspecified atom stereocenters. The average Bonchev–Trinajstić information content (AvgIpc) is 3.74. The van der Waals surface area contributed by atoms with E-state index >= 15 is 0 Å². The summed E-state index contributed by atoms with van der Waals surface area (Å²) >= 11 is 0. The van der Waals surface area contributed by atoms with Crippen molar-refractivity contribution in [3.8, 4) is 11.5 Å². The maximum atomic E-state index is 14.3. The number of phenols is 1. The van der Waals surface area contributed by atoms with Gasteiger partial charge in [0.25, 0.3) is 10.4 Å². The molecule has 0 spiro atoms. The summed E-state index contributed by atoms with van der Waals surface area (Å²) in [6.07, 6.45) is -19.2. The van der Waals surface area contributed by atoms with Gasteiger partial charge in [-0.1, -0.05) is 13.0 Å². The number of nitrogens with one attached hydrogen (secondary N) is 4. The molecule has 7 amide bonds. The SMILES string of the molecule is CC(O)C1NC(=O)C(N)CC(O)C(O)NC(=O)C2C(O)C(C)CN2C(=O)C(C(O)CC(N)=O)NC(=O)C(C(O)C(O)c2ccc(O)c(OS(=O)(=O)[O-])c2)NC(=O)C2CC(O)CN2C1=O.[Na+]. The van der Waals surface area contributed by atoms with E-state index in [0.29, 0.717) is 21.9 Å². The van der Waals surface area contributed by atoms with Gasteiger partial charge in [-0.15, -0.1) is 0 Å². The van der Waals surface area contributed by atoms with E-state index < -0.39 is 192 Å². The Balaban J connectivity index is 0.0000112. The number of benzene rings is 1. The molecular weight excluding hydrogens is 907 g/mol. The van der Waals surface area contributed by atoms with Gasteiger partial charge in [0.2, 0.25) is 41.4 Å². The number of phenolic OH excluding ortho intramolecular Hbond substituents is 1. The van der Waals surface area contributed by atoms with Crippen LogP contribution in [0.15, 0.2) is 18.2 Å². The molecule has 0 saturated carbocycles. The first-order valence-corrected chi connectivity index (χ1v) is 20.8. The number of nitrogens with zero attached hydrogens (tertiary/aromatic N) is 2. The van der Waals surface area contributed by atoms with Crippen LogP contribution >= 0.6 is 0 Å². The third-order valence-corrected chi connectivity index (χ3v) is 11.2. The van der Waals surface area contributed by atoms with Crippen molar-refractivity contribution >= 4 is 51.7 Å². The van der Waals surface area contributed by atoms with Crippen molar-refractivity contribution in [1.29, 1.82) is 0 Å². The zero-order valence-corrected chi connectivity index (χ0v) is 37.7. The summed E-state index contributed by atoms with van der Waals surface area (Å²) < 4.78 is 38.0. The average molecular weight is 959 g/mol. The van der Waals surface area contributed by atoms with Gasteiger partial charge in [-0.2, -0.15) is 0 Å². The minimum Gasteiger partial charge on any atom is -0.716 e. The molecule has 0 aliphatic carbocycles. The van der Waals surface area contributed by atoms with Crippen molar-refractivity contribution in [2.45, 2.75) is 118 Å². The summed E-state index contributed by atoms with van der Waals surface area (Å²) in [5, 5.41) is 106. The van der Waals surface area contributed by atoms with Crippen LogP contribution in [0.3, 0.4) is 0 Å². The van der Waals surface area contributed by atoms with Gasteiger partial charge >= 0.3 is 29.6 Å². The molecule has 0 radical (unpaired) electrons. The Hall–Kier alpha value is -4.34. The number of carbonyl (C=O) groups excluding carboxylic acids is 7. The molecule has 3 heterocycles. The van der Waals surface area contributed by atoms with Crippen LogP contribution in [0.1, 0.15) is 44.8 Å². The Morgan fingerprint density at radius 3 is 2.03 bits per heavy atom. The van der Waals surface area contributed by atoms with E-state index in [2.05, 4.69) is 14.8 Å². The van der Waals surface area contributed by atoms with Gasteiger partial charge in [-0.25, -0.2) is 8.42 Å². The van der Waals surface area contributed by atoms with E-state index in [9.17, 15) is 92.5 Å². The number of aliphatic hydroxyl groups is 8. The second kappa shape index (κ2) is 22.4. The standard InChI is InChI=1S/C35H52N8O20S.Na/c1-11-9-43-25(26(11)50)33(57)41-31(55)19(48)7-15(36)29(53)38-22(12(2)44)34(58)42-10-14(45)6-16(42)30(54)40-24(32(56)39-23(35(43)59)18(47)8-21(37)49)28(52)27(51)13-3-4-17(46)20(5-13)63-64(60,61)62;/h3-5,11-12,14-16,18-19,22-28,31,44-48,50-52,55H,6-10,36H2,1-2H3,(H2,37,49)(H,38,53)(H,39,56)(H,40,54)(H,41,57)(H,60,61,62);/q;+1/p-1. The number of aromatic hydroxyl groups is 1. The molecule has 3 fully saturated rings. The first kappa shape index (κ1) is 55.0. The first-order valence-electron chi connectivity index (χ1n) is 19.4. The van der Waals surface area contributed by atoms with E-state index in [1.165, 1.54) is 6.92 Å². The smallest absolute Gasteiger partial charge is 0.716 e. The maximum absolute atomic E-state index is 14.3. The molecule has 1 aromatic rings. The van der Waals surface area contributed by atoms with Gasteiger partial charge in [0.05, 0.1) is 36.9 Å². The van der Waals surface area contributed by atoms with Crippen LogP contribution in [-0.4, -0.2) is 202 Å². The van der Waals surface area contributed by atoms with E-state index in [1.54, 1.807) is 0 Å². The molecule has 3 saturated heterocycles. The molecule has 4 rings (SSSR count). The quantitative estimate of drug-likeness (QED) is 0.0621. The molecule has 30 heteroatoms. The summed E-state index contributed by atoms with van der Waals surface area (Å²) in [6.45, 7) is 1.25. The molecule has 358 valence electrons. The Bertz CT molecular complexity index is 2070. The predicted molar refractivity (Wildman–Crippen MR) is 206 cm³/mol. The number of hydrogen-bond donors (Lipinski definition) is 15. The first-order chi connectivity index (χ1) is 29.6. The molecule has 28 nitrogen and oxygen atoms in total. The van der Waals surface area contributed by atoms with Crippen LogP contribution in [0.2, 0.25) is 0 Å². The van der Waals surface area contributed by atoms with Crippen LogP contribution in [0.4, 0.5) is 0 Å². The van der Waals surface area contributed by atoms with Crippen molar-refractivity contribution in [3.05, 3.63) is 23.8 Å². The molecule has 0 aromatic heterocycles. The van der Waals surface area contributed by atoms with Gasteiger partial charge in [0.15, 0.2) is 17.7 Å². The van der Waals surface area contributed by atoms with E-state index in [0.717, 1.165) is 13.0 Å². The number of amides is 7.